The molecule has 0 fully saturated rings. The molecule has 2 rings (SSSR count). The van der Waals surface area contributed by atoms with Gasteiger partial charge in [0.2, 0.25) is 0 Å². The molecule has 2 aromatic rings. The molecule has 0 radical (unpaired) electrons. The van der Waals surface area contributed by atoms with Gasteiger partial charge in [-0.2, -0.15) is 0 Å². The van der Waals surface area contributed by atoms with Gasteiger partial charge in [-0.3, -0.25) is 0 Å². The Morgan fingerprint density at radius 2 is 1.05 bits per heavy atom. The van der Waals surface area contributed by atoms with Gasteiger partial charge in [-0.25, -0.2) is 0 Å². The lowest BCUT2D eigenvalue weighted by atomic mass is 9.89. The average molecular weight is 270 g/mol. The van der Waals surface area contributed by atoms with Crippen LogP contribution in [-0.4, -0.2) is 10.5 Å². The summed E-state index contributed by atoms with van der Waals surface area (Å²) >= 11 is 0. The molecule has 0 bridgehead atoms. The third-order valence-corrected chi connectivity index (χ3v) is 4.32. The molecule has 0 aliphatic carbocycles. The van der Waals surface area contributed by atoms with Gasteiger partial charge in [-0.1, -0.05) is 36.4 Å². The van der Waals surface area contributed by atoms with E-state index in [1.165, 1.54) is 33.4 Å². The van der Waals surface area contributed by atoms with Crippen molar-refractivity contribution in [3.05, 3.63) is 69.8 Å². The Morgan fingerprint density at radius 3 is 1.32 bits per heavy atom. The summed E-state index contributed by atoms with van der Waals surface area (Å²) in [4.78, 5) is 0. The van der Waals surface area contributed by atoms with E-state index >= 15 is 0 Å². The first-order valence-electron chi connectivity index (χ1n) is 6.71. The highest BCUT2D eigenvalue weighted by Crippen LogP contribution is 2.33. The first kappa shape index (κ1) is 14.0. The van der Waals surface area contributed by atoms with Crippen molar-refractivity contribution in [3.8, 4) is 0 Å². The third kappa shape index (κ3) is 2.65. The van der Waals surface area contributed by atoms with E-state index in [-0.39, 0.29) is 6.10 Å². The molecule has 2 aromatic carbocycles. The molecule has 0 N–H and O–H groups in total. The molecule has 0 aliphatic heterocycles. The fourth-order valence-corrected chi connectivity index (χ4v) is 3.33. The molecule has 0 saturated carbocycles. The molecule has 0 atom stereocenters. The summed E-state index contributed by atoms with van der Waals surface area (Å²) < 4.78 is 5.98. The monoisotopic (exact) mass is 270 g/mol. The molecule has 0 heterocycles. The average Bonchev–Trinajstić information content (AvgIpc) is 2.36. The molecule has 19 heavy (non-hydrogen) atoms. The highest BCUT2D eigenvalue weighted by atomic mass is 28.2. The first-order chi connectivity index (χ1) is 9.06. The van der Waals surface area contributed by atoms with Crippen LogP contribution in [0.2, 0.25) is 0 Å². The van der Waals surface area contributed by atoms with Crippen molar-refractivity contribution in [1.29, 1.82) is 0 Å². The minimum Gasteiger partial charge on any atom is -0.417 e. The van der Waals surface area contributed by atoms with Crippen molar-refractivity contribution in [3.63, 3.8) is 0 Å². The predicted molar refractivity (Wildman–Crippen MR) is 84.7 cm³/mol. The van der Waals surface area contributed by atoms with Crippen LogP contribution in [0, 0.1) is 27.7 Å². The zero-order valence-corrected chi connectivity index (χ0v) is 14.4. The molecule has 1 nitrogen and oxygen atoms in total. The number of hydrogen-bond donors (Lipinski definition) is 0. The van der Waals surface area contributed by atoms with Gasteiger partial charge in [0.1, 0.15) is 10.5 Å². The summed E-state index contributed by atoms with van der Waals surface area (Å²) in [6.45, 7) is 8.68. The Balaban J connectivity index is 2.64. The number of aryl methyl sites for hydroxylation is 4. The van der Waals surface area contributed by atoms with Crippen LogP contribution in [0.15, 0.2) is 36.4 Å². The van der Waals surface area contributed by atoms with E-state index in [4.69, 9.17) is 4.43 Å². The lowest BCUT2D eigenvalue weighted by Crippen LogP contribution is -2.11. The number of benzene rings is 2. The highest BCUT2D eigenvalue weighted by molar-refractivity contribution is 5.98. The van der Waals surface area contributed by atoms with Crippen molar-refractivity contribution < 1.29 is 4.43 Å². The van der Waals surface area contributed by atoms with Gasteiger partial charge in [0.25, 0.3) is 0 Å². The first-order valence-corrected chi connectivity index (χ1v) is 7.53. The molecule has 0 amide bonds. The Hall–Kier alpha value is -1.38. The Morgan fingerprint density at radius 1 is 0.737 bits per heavy atom. The zero-order valence-electron chi connectivity index (χ0n) is 12.4. The van der Waals surface area contributed by atoms with Crippen LogP contribution >= 0.6 is 0 Å². The summed E-state index contributed by atoms with van der Waals surface area (Å²) in [5.41, 5.74) is 7.89. The molecule has 0 saturated heterocycles. The topological polar surface area (TPSA) is 9.23 Å². The number of hydrogen-bond acceptors (Lipinski definition) is 1. The van der Waals surface area contributed by atoms with Crippen molar-refractivity contribution in [2.75, 3.05) is 0 Å². The Bertz CT molecular complexity index is 498. The maximum Gasteiger partial charge on any atom is 0.147 e. The van der Waals surface area contributed by atoms with Crippen LogP contribution < -0.4 is 0 Å². The van der Waals surface area contributed by atoms with Crippen molar-refractivity contribution in [2.45, 2.75) is 33.8 Å². The zero-order chi connectivity index (χ0) is 14.0. The summed E-state index contributed by atoms with van der Waals surface area (Å²) in [6, 6.07) is 12.9. The van der Waals surface area contributed by atoms with Crippen molar-refractivity contribution in [2.24, 2.45) is 0 Å². The molecule has 0 spiro atoms. The van der Waals surface area contributed by atoms with Crippen LogP contribution in [0.1, 0.15) is 39.5 Å². The summed E-state index contributed by atoms with van der Waals surface area (Å²) in [6.07, 6.45) is 0.0778. The largest absolute Gasteiger partial charge is 0.417 e. The van der Waals surface area contributed by atoms with E-state index in [1.54, 1.807) is 0 Å². The smallest absolute Gasteiger partial charge is 0.147 e. The molecule has 2 heteroatoms. The fourth-order valence-electron chi connectivity index (χ4n) is 2.86. The van der Waals surface area contributed by atoms with Gasteiger partial charge in [-0.15, -0.1) is 0 Å². The quantitative estimate of drug-likeness (QED) is 0.778. The minimum absolute atomic E-state index is 0.0778. The van der Waals surface area contributed by atoms with E-state index in [0.29, 0.717) is 0 Å². The fraction of sp³-hybridized carbons (Fsp3) is 0.294. The Kier molecular flexibility index (Phi) is 4.23. The molecule has 100 valence electrons. The van der Waals surface area contributed by atoms with Crippen LogP contribution in [0.3, 0.4) is 0 Å². The van der Waals surface area contributed by atoms with Gasteiger partial charge in [0.15, 0.2) is 0 Å². The molecular formula is C17H22OSi. The Labute approximate surface area is 119 Å². The van der Waals surface area contributed by atoms with E-state index < -0.39 is 0 Å². The van der Waals surface area contributed by atoms with Gasteiger partial charge in [-0.05, 0) is 61.1 Å². The molecule has 0 aromatic heterocycles. The maximum absolute atomic E-state index is 5.98. The normalized spacial score (nSPS) is 11.2. The molecule has 0 unspecified atom stereocenters. The molecular weight excluding hydrogens is 248 g/mol. The van der Waals surface area contributed by atoms with E-state index in [2.05, 4.69) is 64.1 Å². The van der Waals surface area contributed by atoms with E-state index in [9.17, 15) is 0 Å². The second kappa shape index (κ2) is 5.72. The second-order valence-electron chi connectivity index (χ2n) is 5.23. The van der Waals surface area contributed by atoms with Crippen LogP contribution in [0.5, 0.6) is 0 Å². The van der Waals surface area contributed by atoms with Crippen LogP contribution in [0.4, 0.5) is 0 Å². The number of rotatable bonds is 3. The van der Waals surface area contributed by atoms with Crippen molar-refractivity contribution in [1.82, 2.24) is 0 Å². The SMILES string of the molecule is Cc1cccc(C)c1C(O[SiH3])c1c(C)cccc1C. The van der Waals surface area contributed by atoms with E-state index in [1.807, 2.05) is 0 Å². The summed E-state index contributed by atoms with van der Waals surface area (Å²) in [5, 5.41) is 0. The van der Waals surface area contributed by atoms with Gasteiger partial charge in [0.05, 0.1) is 6.10 Å². The predicted octanol–water partition coefficient (Wildman–Crippen LogP) is 3.31. The third-order valence-electron chi connectivity index (χ3n) is 3.84. The van der Waals surface area contributed by atoms with Gasteiger partial charge in [0, 0.05) is 0 Å². The maximum atomic E-state index is 5.98. The lowest BCUT2D eigenvalue weighted by Gasteiger charge is -2.24. The highest BCUT2D eigenvalue weighted by Gasteiger charge is 2.20. The summed E-state index contributed by atoms with van der Waals surface area (Å²) in [5.74, 6) is 0. The van der Waals surface area contributed by atoms with Crippen molar-refractivity contribution >= 4 is 10.5 Å². The van der Waals surface area contributed by atoms with Gasteiger partial charge >= 0.3 is 0 Å². The summed E-state index contributed by atoms with van der Waals surface area (Å²) in [7, 11) is 0.733. The van der Waals surface area contributed by atoms with Gasteiger partial charge < -0.3 is 4.43 Å². The van der Waals surface area contributed by atoms with E-state index in [0.717, 1.165) is 10.5 Å². The lowest BCUT2D eigenvalue weighted by molar-refractivity contribution is 0.269. The molecule has 0 aliphatic rings. The standard InChI is InChI=1S/C17H22OSi/c1-11-7-5-8-12(2)15(11)17(18-19)16-13(3)9-6-10-14(16)4/h5-10,17H,1-4,19H3. The minimum atomic E-state index is 0.0778. The second-order valence-corrected chi connectivity index (χ2v) is 5.70. The van der Waals surface area contributed by atoms with Crippen LogP contribution in [0.25, 0.3) is 0 Å². The van der Waals surface area contributed by atoms with Crippen LogP contribution in [-0.2, 0) is 4.43 Å².